The van der Waals surface area contributed by atoms with Crippen LogP contribution in [0.3, 0.4) is 0 Å². The molecular weight excluding hydrogens is 787 g/mol. The summed E-state index contributed by atoms with van der Waals surface area (Å²) in [6.07, 6.45) is 1.84. The van der Waals surface area contributed by atoms with Crippen molar-refractivity contribution in [2.45, 2.75) is 56.7 Å². The quantitative estimate of drug-likeness (QED) is 0.316. The summed E-state index contributed by atoms with van der Waals surface area (Å²) in [7, 11) is -3.23. The number of phenols is 1. The van der Waals surface area contributed by atoms with Crippen LogP contribution in [0, 0.1) is 0 Å². The maximum atomic E-state index is 13.9. The first kappa shape index (κ1) is 35.9. The Morgan fingerprint density at radius 1 is 0.918 bits per heavy atom. The number of fused-ring (bicyclic) bond motifs is 1. The predicted octanol–water partition coefficient (Wildman–Crippen LogP) is 3.94. The fourth-order valence-electron chi connectivity index (χ4n) is 7.30. The molecule has 49 heavy (non-hydrogen) atoms. The molecular formula is C33H42ClIN6O7S. The van der Waals surface area contributed by atoms with Crippen LogP contribution in [0.15, 0.2) is 42.5 Å². The van der Waals surface area contributed by atoms with E-state index in [4.69, 9.17) is 16.3 Å². The topological polar surface area (TPSA) is 143 Å². The molecule has 0 saturated carbocycles. The van der Waals surface area contributed by atoms with Gasteiger partial charge in [0.05, 0.1) is 26.2 Å². The number of urea groups is 1. The smallest absolute Gasteiger partial charge is 0.410 e. The number of phenolic OH excluding ortho intramolecular Hbond substituents is 1. The Morgan fingerprint density at radius 2 is 1.59 bits per heavy atom. The highest BCUT2D eigenvalue weighted by Gasteiger charge is 2.37. The molecule has 6 rings (SSSR count). The summed E-state index contributed by atoms with van der Waals surface area (Å²) in [6, 6.07) is 12.6. The first-order valence-corrected chi connectivity index (χ1v) is 21.1. The lowest BCUT2D eigenvalue weighted by atomic mass is 10.0. The van der Waals surface area contributed by atoms with Crippen LogP contribution in [0.1, 0.15) is 36.8 Å². The van der Waals surface area contributed by atoms with Crippen molar-refractivity contribution < 1.29 is 32.6 Å². The third-order valence-corrected chi connectivity index (χ3v) is 13.1. The normalized spacial score (nSPS) is 21.1. The summed E-state index contributed by atoms with van der Waals surface area (Å²) in [5.74, 6) is -0.369. The number of halogens is 2. The van der Waals surface area contributed by atoms with Crippen molar-refractivity contribution in [1.82, 2.24) is 23.9 Å². The van der Waals surface area contributed by atoms with Crippen molar-refractivity contribution in [3.05, 3.63) is 58.6 Å². The molecule has 266 valence electrons. The van der Waals surface area contributed by atoms with Crippen molar-refractivity contribution in [2.24, 2.45) is 0 Å². The van der Waals surface area contributed by atoms with E-state index in [1.807, 2.05) is 29.2 Å². The van der Waals surface area contributed by atoms with Gasteiger partial charge in [0.2, 0.25) is 0 Å². The van der Waals surface area contributed by atoms with E-state index in [2.05, 4.69) is 10.2 Å². The number of ether oxygens (including phenoxy) is 1. The number of carbonyl (C=O) groups excluding carboxylic acids is 3. The van der Waals surface area contributed by atoms with E-state index in [-0.39, 0.29) is 41.2 Å². The average Bonchev–Trinajstić information content (AvgIpc) is 3.27. The Labute approximate surface area is 304 Å². The van der Waals surface area contributed by atoms with Gasteiger partial charge in [0, 0.05) is 83.1 Å². The van der Waals surface area contributed by atoms with E-state index >= 15 is 0 Å². The highest BCUT2D eigenvalue weighted by Crippen LogP contribution is 2.28. The summed E-state index contributed by atoms with van der Waals surface area (Å²) in [5, 5.41) is 13.1. The van der Waals surface area contributed by atoms with Crippen LogP contribution in [-0.4, -0.2) is 133 Å². The van der Waals surface area contributed by atoms with Crippen LogP contribution in [0.25, 0.3) is 0 Å². The summed E-state index contributed by atoms with van der Waals surface area (Å²) in [4.78, 5) is 48.0. The Kier molecular flexibility index (Phi) is 11.4. The third kappa shape index (κ3) is 8.72. The van der Waals surface area contributed by atoms with Gasteiger partial charge in [-0.2, -0.15) is 4.31 Å². The zero-order chi connectivity index (χ0) is 34.7. The third-order valence-electron chi connectivity index (χ3n) is 10.1. The Balaban J connectivity index is 1.06. The van der Waals surface area contributed by atoms with E-state index in [0.29, 0.717) is 77.3 Å². The zero-order valence-corrected chi connectivity index (χ0v) is 30.9. The Hall–Kier alpha value is -2.86. The number of aromatic hydroxyl groups is 1. The highest BCUT2D eigenvalue weighted by molar-refractivity contribution is 14.2. The van der Waals surface area contributed by atoms with Crippen molar-refractivity contribution in [3.8, 4) is 5.75 Å². The molecule has 2 N–H and O–H groups in total. The van der Waals surface area contributed by atoms with Crippen LogP contribution in [0.5, 0.6) is 5.75 Å². The lowest BCUT2D eigenvalue weighted by Gasteiger charge is -2.42. The number of amides is 4. The number of piperidine rings is 2. The van der Waals surface area contributed by atoms with Gasteiger partial charge in [0.25, 0.3) is 13.1 Å². The van der Waals surface area contributed by atoms with E-state index in [9.17, 15) is 27.9 Å². The first-order valence-electron chi connectivity index (χ1n) is 16.8. The van der Waals surface area contributed by atoms with Gasteiger partial charge < -0.3 is 29.9 Å². The number of nitrogens with zero attached hydrogens (tertiary/aromatic N) is 5. The Bertz CT molecular complexity index is 1640. The molecule has 1 atom stereocenters. The van der Waals surface area contributed by atoms with Gasteiger partial charge in [-0.3, -0.25) is 9.69 Å². The zero-order valence-electron chi connectivity index (χ0n) is 27.2. The minimum Gasteiger partial charge on any atom is -0.506 e. The van der Waals surface area contributed by atoms with Gasteiger partial charge in [-0.25, -0.2) is 18.0 Å². The largest absolute Gasteiger partial charge is 0.506 e. The summed E-state index contributed by atoms with van der Waals surface area (Å²) >= 11 is 7.65. The maximum Gasteiger partial charge on any atom is 0.410 e. The molecule has 0 aliphatic carbocycles. The van der Waals surface area contributed by atoms with Crippen molar-refractivity contribution in [1.29, 1.82) is 0 Å². The number of para-hydroxylation sites is 1. The Morgan fingerprint density at radius 3 is 2.27 bits per heavy atom. The fraction of sp³-hybridized carbons (Fsp3) is 0.545. The molecule has 0 radical (unpaired) electrons. The van der Waals surface area contributed by atoms with E-state index in [0.717, 1.165) is 30.5 Å². The summed E-state index contributed by atoms with van der Waals surface area (Å²) in [5.41, 5.74) is 2.58. The monoisotopic (exact) mass is 828 g/mol. The summed E-state index contributed by atoms with van der Waals surface area (Å²) < 4.78 is 31.3. The number of carbonyl (C=O) groups is 3. The number of hydrogen-bond acceptors (Lipinski definition) is 8. The van der Waals surface area contributed by atoms with Crippen molar-refractivity contribution >= 4 is 63.7 Å². The molecule has 16 heteroatoms. The van der Waals surface area contributed by atoms with Gasteiger partial charge in [0.1, 0.15) is 5.75 Å². The van der Waals surface area contributed by atoms with Gasteiger partial charge in [-0.1, -0.05) is 35.9 Å². The second-order valence-corrected chi connectivity index (χ2v) is 18.1. The first-order chi connectivity index (χ1) is 23.5. The SMILES string of the molecule is O=C(O[C@H](Cc1ccc(O)c(Cl)c1)C(=O)N1CCN(C2CCN(S(=O)(=O)I)CC2)CC1)N1CCC(N2CCc3ccccc3NC2=O)CC1. The summed E-state index contributed by atoms with van der Waals surface area (Å²) in [6.45, 7) is 4.55. The molecule has 2 aromatic carbocycles. The number of nitrogens with one attached hydrogen (secondary N) is 1. The van der Waals surface area contributed by atoms with Crippen molar-refractivity contribution in [2.75, 3.05) is 64.2 Å². The second kappa shape index (κ2) is 15.6. The molecule has 3 saturated heterocycles. The predicted molar refractivity (Wildman–Crippen MR) is 193 cm³/mol. The minimum absolute atomic E-state index is 0.0237. The molecule has 4 heterocycles. The van der Waals surface area contributed by atoms with E-state index in [1.165, 1.54) is 31.6 Å². The molecule has 3 fully saturated rings. The minimum atomic E-state index is -3.23. The number of likely N-dealkylation sites (tertiary alicyclic amines) is 1. The number of benzene rings is 2. The highest BCUT2D eigenvalue weighted by atomic mass is 127. The van der Waals surface area contributed by atoms with Gasteiger partial charge in [-0.05, 0) is 61.4 Å². The number of rotatable bonds is 7. The molecule has 2 aromatic rings. The molecule has 0 spiro atoms. The standard InChI is InChI=1S/C33H42ClIN6O7S/c34-27-21-23(5-6-29(27)42)22-30(31(43)38-19-17-37(18-20-38)25-10-14-40(15-11-25)49(35,46)47)48-33(45)39-12-8-26(9-13-39)41-16-7-24-3-1-2-4-28(24)36-32(41)44/h1-6,21,25-26,30,42H,7-20,22H2,(H,36,44)/t30-/m1/s1. The fourth-order valence-corrected chi connectivity index (χ4v) is 9.33. The van der Waals surface area contributed by atoms with Crippen LogP contribution in [0.2, 0.25) is 5.02 Å². The molecule has 4 amide bonds. The molecule has 4 aliphatic heterocycles. The molecule has 0 unspecified atom stereocenters. The average molecular weight is 829 g/mol. The van der Waals surface area contributed by atoms with Crippen molar-refractivity contribution in [3.63, 3.8) is 0 Å². The van der Waals surface area contributed by atoms with Crippen LogP contribution in [0.4, 0.5) is 15.3 Å². The lowest BCUT2D eigenvalue weighted by Crippen LogP contribution is -2.56. The van der Waals surface area contributed by atoms with Crippen LogP contribution < -0.4 is 5.32 Å². The molecule has 0 aromatic heterocycles. The lowest BCUT2D eigenvalue weighted by molar-refractivity contribution is -0.143. The number of anilines is 1. The van der Waals surface area contributed by atoms with E-state index in [1.54, 1.807) is 21.9 Å². The van der Waals surface area contributed by atoms with Crippen LogP contribution in [-0.2, 0) is 29.6 Å². The molecule has 0 bridgehead atoms. The second-order valence-electron chi connectivity index (χ2n) is 13.0. The van der Waals surface area contributed by atoms with Gasteiger partial charge in [0.15, 0.2) is 6.10 Å². The molecule has 4 aliphatic rings. The molecule has 13 nitrogen and oxygen atoms in total. The van der Waals surface area contributed by atoms with E-state index < -0.39 is 19.4 Å². The van der Waals surface area contributed by atoms with Gasteiger partial charge in [-0.15, -0.1) is 0 Å². The van der Waals surface area contributed by atoms with Gasteiger partial charge >= 0.3 is 12.1 Å². The number of hydrogen-bond donors (Lipinski definition) is 2. The maximum absolute atomic E-state index is 13.9. The van der Waals surface area contributed by atoms with Crippen LogP contribution >= 0.6 is 32.8 Å². The number of piperazine rings is 1.